The van der Waals surface area contributed by atoms with E-state index in [2.05, 4.69) is 43.4 Å². The molecule has 0 radical (unpaired) electrons. The molecule has 2 nitrogen and oxygen atoms in total. The predicted octanol–water partition coefficient (Wildman–Crippen LogP) is 2.39. The molecule has 0 amide bonds. The van der Waals surface area contributed by atoms with Crippen molar-refractivity contribution in [3.05, 3.63) is 35.4 Å². The van der Waals surface area contributed by atoms with Gasteiger partial charge >= 0.3 is 0 Å². The summed E-state index contributed by atoms with van der Waals surface area (Å²) >= 11 is 0. The second-order valence-electron chi connectivity index (χ2n) is 5.74. The van der Waals surface area contributed by atoms with Crippen molar-refractivity contribution < 1.29 is 0 Å². The normalized spacial score (nSPS) is 20.8. The zero-order chi connectivity index (χ0) is 12.3. The first-order valence-corrected chi connectivity index (χ1v) is 6.65. The van der Waals surface area contributed by atoms with E-state index in [-0.39, 0.29) is 5.41 Å². The van der Waals surface area contributed by atoms with Crippen molar-refractivity contribution in [2.45, 2.75) is 38.0 Å². The summed E-state index contributed by atoms with van der Waals surface area (Å²) in [7, 11) is 0. The van der Waals surface area contributed by atoms with E-state index in [9.17, 15) is 0 Å². The molecule has 1 aliphatic rings. The molecule has 2 heteroatoms. The minimum absolute atomic E-state index is 0.191. The summed E-state index contributed by atoms with van der Waals surface area (Å²) in [5.41, 5.74) is 8.80. The van der Waals surface area contributed by atoms with Gasteiger partial charge in [0.1, 0.15) is 0 Å². The standard InChI is InChI=1S/C15H24N2/c1-15(2,7-8-16)14-5-3-4-12(10-14)13-6-9-17-11-13/h3-5,10,13,17H,6-9,11,16H2,1-2H3. The third-order valence-corrected chi connectivity index (χ3v) is 3.97. The van der Waals surface area contributed by atoms with Gasteiger partial charge in [-0.1, -0.05) is 38.1 Å². The Hall–Kier alpha value is -0.860. The zero-order valence-electron chi connectivity index (χ0n) is 11.0. The molecule has 17 heavy (non-hydrogen) atoms. The molecule has 94 valence electrons. The number of rotatable bonds is 4. The van der Waals surface area contributed by atoms with Crippen LogP contribution in [0.4, 0.5) is 0 Å². The van der Waals surface area contributed by atoms with Crippen molar-refractivity contribution in [2.75, 3.05) is 19.6 Å². The molecule has 0 saturated carbocycles. The molecule has 1 unspecified atom stereocenters. The Morgan fingerprint density at radius 2 is 2.24 bits per heavy atom. The van der Waals surface area contributed by atoms with Crippen LogP contribution in [0.25, 0.3) is 0 Å². The lowest BCUT2D eigenvalue weighted by Crippen LogP contribution is -2.22. The maximum absolute atomic E-state index is 5.70. The molecule has 0 bridgehead atoms. The fourth-order valence-corrected chi connectivity index (χ4v) is 2.66. The highest BCUT2D eigenvalue weighted by Crippen LogP contribution is 2.30. The van der Waals surface area contributed by atoms with Gasteiger partial charge in [0.15, 0.2) is 0 Å². The molecule has 1 fully saturated rings. The first-order valence-electron chi connectivity index (χ1n) is 6.65. The Labute approximate surface area is 105 Å². The molecule has 3 N–H and O–H groups in total. The highest BCUT2D eigenvalue weighted by molar-refractivity contribution is 5.32. The van der Waals surface area contributed by atoms with Crippen LogP contribution in [-0.4, -0.2) is 19.6 Å². The van der Waals surface area contributed by atoms with Crippen molar-refractivity contribution in [1.82, 2.24) is 5.32 Å². The van der Waals surface area contributed by atoms with E-state index in [1.807, 2.05) is 0 Å². The predicted molar refractivity (Wildman–Crippen MR) is 73.4 cm³/mol. The van der Waals surface area contributed by atoms with E-state index in [0.29, 0.717) is 5.92 Å². The fourth-order valence-electron chi connectivity index (χ4n) is 2.66. The molecular weight excluding hydrogens is 208 g/mol. The van der Waals surface area contributed by atoms with Gasteiger partial charge < -0.3 is 11.1 Å². The van der Waals surface area contributed by atoms with E-state index >= 15 is 0 Å². The number of hydrogen-bond donors (Lipinski definition) is 2. The minimum Gasteiger partial charge on any atom is -0.330 e. The summed E-state index contributed by atoms with van der Waals surface area (Å²) < 4.78 is 0. The smallest absolute Gasteiger partial charge is 0.00206 e. The third-order valence-electron chi connectivity index (χ3n) is 3.97. The molecule has 2 rings (SSSR count). The Kier molecular flexibility index (Phi) is 3.85. The summed E-state index contributed by atoms with van der Waals surface area (Å²) in [6.07, 6.45) is 2.31. The fraction of sp³-hybridized carbons (Fsp3) is 0.600. The molecule has 0 aliphatic carbocycles. The topological polar surface area (TPSA) is 38.0 Å². The second-order valence-corrected chi connectivity index (χ2v) is 5.74. The lowest BCUT2D eigenvalue weighted by Gasteiger charge is -2.25. The lowest BCUT2D eigenvalue weighted by atomic mass is 9.80. The summed E-state index contributed by atoms with van der Waals surface area (Å²) in [5.74, 6) is 0.698. The van der Waals surface area contributed by atoms with Gasteiger partial charge in [-0.25, -0.2) is 0 Å². The summed E-state index contributed by atoms with van der Waals surface area (Å²) in [6.45, 7) is 7.60. The van der Waals surface area contributed by atoms with Crippen LogP contribution in [0, 0.1) is 0 Å². The summed E-state index contributed by atoms with van der Waals surface area (Å²) in [6, 6.07) is 9.08. The zero-order valence-corrected chi connectivity index (χ0v) is 11.0. The van der Waals surface area contributed by atoms with Crippen LogP contribution in [-0.2, 0) is 5.41 Å². The quantitative estimate of drug-likeness (QED) is 0.836. The van der Waals surface area contributed by atoms with Gasteiger partial charge in [-0.2, -0.15) is 0 Å². The molecular formula is C15H24N2. The van der Waals surface area contributed by atoms with Crippen molar-refractivity contribution in [1.29, 1.82) is 0 Å². The highest BCUT2D eigenvalue weighted by atomic mass is 14.9. The maximum Gasteiger partial charge on any atom is 0.00206 e. The minimum atomic E-state index is 0.191. The Bertz CT molecular complexity index is 365. The van der Waals surface area contributed by atoms with Crippen LogP contribution in [0.3, 0.4) is 0 Å². The monoisotopic (exact) mass is 232 g/mol. The SMILES string of the molecule is CC(C)(CCN)c1cccc(C2CCNC2)c1. The molecule has 1 atom stereocenters. The van der Waals surface area contributed by atoms with E-state index in [0.717, 1.165) is 26.1 Å². The molecule has 1 aromatic carbocycles. The van der Waals surface area contributed by atoms with Gasteiger partial charge in [0.25, 0.3) is 0 Å². The van der Waals surface area contributed by atoms with Gasteiger partial charge in [-0.3, -0.25) is 0 Å². The van der Waals surface area contributed by atoms with Crippen molar-refractivity contribution in [3.8, 4) is 0 Å². The number of nitrogens with two attached hydrogens (primary N) is 1. The Morgan fingerprint density at radius 1 is 1.41 bits per heavy atom. The van der Waals surface area contributed by atoms with E-state index < -0.39 is 0 Å². The van der Waals surface area contributed by atoms with Crippen LogP contribution in [0.2, 0.25) is 0 Å². The van der Waals surface area contributed by atoms with Crippen LogP contribution < -0.4 is 11.1 Å². The van der Waals surface area contributed by atoms with Crippen LogP contribution in [0.15, 0.2) is 24.3 Å². The molecule has 1 saturated heterocycles. The van der Waals surface area contributed by atoms with Gasteiger partial charge in [0, 0.05) is 6.54 Å². The van der Waals surface area contributed by atoms with Crippen molar-refractivity contribution >= 4 is 0 Å². The third kappa shape index (κ3) is 2.88. The molecule has 1 heterocycles. The van der Waals surface area contributed by atoms with E-state index in [4.69, 9.17) is 5.73 Å². The first kappa shape index (κ1) is 12.6. The van der Waals surface area contributed by atoms with Crippen molar-refractivity contribution in [2.24, 2.45) is 5.73 Å². The van der Waals surface area contributed by atoms with Gasteiger partial charge in [0.2, 0.25) is 0 Å². The number of nitrogens with one attached hydrogen (secondary N) is 1. The molecule has 0 spiro atoms. The van der Waals surface area contributed by atoms with Gasteiger partial charge in [0.05, 0.1) is 0 Å². The van der Waals surface area contributed by atoms with Crippen molar-refractivity contribution in [3.63, 3.8) is 0 Å². The largest absolute Gasteiger partial charge is 0.330 e. The first-order chi connectivity index (χ1) is 8.13. The molecule has 1 aliphatic heterocycles. The van der Waals surface area contributed by atoms with Crippen LogP contribution in [0.1, 0.15) is 43.7 Å². The number of benzene rings is 1. The Morgan fingerprint density at radius 3 is 2.88 bits per heavy atom. The van der Waals surface area contributed by atoms with Gasteiger partial charge in [-0.05, 0) is 48.4 Å². The maximum atomic E-state index is 5.70. The van der Waals surface area contributed by atoms with Crippen LogP contribution in [0.5, 0.6) is 0 Å². The number of hydrogen-bond acceptors (Lipinski definition) is 2. The second kappa shape index (κ2) is 5.19. The van der Waals surface area contributed by atoms with E-state index in [1.165, 1.54) is 17.5 Å². The van der Waals surface area contributed by atoms with E-state index in [1.54, 1.807) is 0 Å². The van der Waals surface area contributed by atoms with Gasteiger partial charge in [-0.15, -0.1) is 0 Å². The average molecular weight is 232 g/mol. The highest BCUT2D eigenvalue weighted by Gasteiger charge is 2.22. The Balaban J connectivity index is 2.21. The summed E-state index contributed by atoms with van der Waals surface area (Å²) in [4.78, 5) is 0. The summed E-state index contributed by atoms with van der Waals surface area (Å²) in [5, 5.41) is 3.43. The lowest BCUT2D eigenvalue weighted by molar-refractivity contribution is 0.486. The average Bonchev–Trinajstić information content (AvgIpc) is 2.82. The molecule has 1 aromatic rings. The van der Waals surface area contributed by atoms with Crippen LogP contribution >= 0.6 is 0 Å². The molecule has 0 aromatic heterocycles.